The molecule has 0 aliphatic heterocycles. The summed E-state index contributed by atoms with van der Waals surface area (Å²) >= 11 is 0. The highest BCUT2D eigenvalue weighted by molar-refractivity contribution is 5.25. The maximum atomic E-state index is 9.13. The van der Waals surface area contributed by atoms with Gasteiger partial charge in [0.25, 0.3) is 0 Å². The molecule has 0 atom stereocenters. The number of hydrogen-bond acceptors (Lipinski definition) is 3. The van der Waals surface area contributed by atoms with Gasteiger partial charge in [0.2, 0.25) is 0 Å². The van der Waals surface area contributed by atoms with Crippen molar-refractivity contribution in [1.29, 1.82) is 0 Å². The summed E-state index contributed by atoms with van der Waals surface area (Å²) in [6.07, 6.45) is 0. The quantitative estimate of drug-likeness (QED) is 0.726. The first-order valence-electron chi connectivity index (χ1n) is 5.26. The Morgan fingerprint density at radius 1 is 1.27 bits per heavy atom. The lowest BCUT2D eigenvalue weighted by Crippen LogP contribution is -2.22. The lowest BCUT2D eigenvalue weighted by Gasteiger charge is -2.16. The smallest absolute Gasteiger partial charge is 0.115 e. The molecule has 0 aliphatic rings. The molecule has 3 heteroatoms. The predicted octanol–water partition coefficient (Wildman–Crippen LogP) is 1.86. The second-order valence-corrected chi connectivity index (χ2v) is 3.60. The molecule has 0 fully saturated rings. The van der Waals surface area contributed by atoms with Crippen LogP contribution in [0.1, 0.15) is 12.5 Å². The van der Waals surface area contributed by atoms with Crippen molar-refractivity contribution < 1.29 is 9.84 Å². The van der Waals surface area contributed by atoms with Crippen LogP contribution in [0.25, 0.3) is 0 Å². The molecule has 3 nitrogen and oxygen atoms in total. The second-order valence-electron chi connectivity index (χ2n) is 3.60. The monoisotopic (exact) mass is 209 g/mol. The lowest BCUT2D eigenvalue weighted by atomic mass is 10.2. The number of rotatable bonds is 6. The fourth-order valence-electron chi connectivity index (χ4n) is 1.36. The molecule has 0 saturated heterocycles. The molecule has 0 spiro atoms. The van der Waals surface area contributed by atoms with E-state index in [2.05, 4.69) is 11.9 Å². The summed E-state index contributed by atoms with van der Waals surface area (Å²) in [7, 11) is 2.06. The molecule has 84 valence electrons. The van der Waals surface area contributed by atoms with Crippen molar-refractivity contribution >= 4 is 0 Å². The molecule has 0 saturated carbocycles. The SMILES string of the molecule is CCOCCN(C)Cc1ccc(O)cc1. The van der Waals surface area contributed by atoms with Crippen LogP contribution < -0.4 is 0 Å². The van der Waals surface area contributed by atoms with Crippen LogP contribution in [0.4, 0.5) is 0 Å². The Hall–Kier alpha value is -1.06. The van der Waals surface area contributed by atoms with Gasteiger partial charge in [-0.15, -0.1) is 0 Å². The van der Waals surface area contributed by atoms with Crippen LogP contribution in [-0.2, 0) is 11.3 Å². The number of phenols is 1. The normalized spacial score (nSPS) is 10.9. The van der Waals surface area contributed by atoms with Crippen LogP contribution >= 0.6 is 0 Å². The maximum Gasteiger partial charge on any atom is 0.115 e. The largest absolute Gasteiger partial charge is 0.508 e. The third-order valence-corrected chi connectivity index (χ3v) is 2.21. The molecule has 0 radical (unpaired) electrons. The highest BCUT2D eigenvalue weighted by atomic mass is 16.5. The summed E-state index contributed by atoms with van der Waals surface area (Å²) in [5.41, 5.74) is 1.20. The Balaban J connectivity index is 2.31. The Morgan fingerprint density at radius 3 is 2.53 bits per heavy atom. The van der Waals surface area contributed by atoms with E-state index >= 15 is 0 Å². The molecule has 1 rings (SSSR count). The highest BCUT2D eigenvalue weighted by Gasteiger charge is 1.99. The minimum Gasteiger partial charge on any atom is -0.508 e. The van der Waals surface area contributed by atoms with E-state index in [4.69, 9.17) is 9.84 Å². The summed E-state index contributed by atoms with van der Waals surface area (Å²) in [5.74, 6) is 0.315. The van der Waals surface area contributed by atoms with Crippen molar-refractivity contribution in [3.05, 3.63) is 29.8 Å². The summed E-state index contributed by atoms with van der Waals surface area (Å²) < 4.78 is 5.28. The molecule has 1 aromatic rings. The number of ether oxygens (including phenoxy) is 1. The van der Waals surface area contributed by atoms with Crippen molar-refractivity contribution in [3.63, 3.8) is 0 Å². The first-order chi connectivity index (χ1) is 7.22. The fourth-order valence-corrected chi connectivity index (χ4v) is 1.36. The van der Waals surface area contributed by atoms with Gasteiger partial charge in [-0.3, -0.25) is 4.90 Å². The molecule has 1 aromatic carbocycles. The number of phenolic OH excluding ortho intramolecular Hbond substituents is 1. The van der Waals surface area contributed by atoms with Gasteiger partial charge in [-0.25, -0.2) is 0 Å². The average Bonchev–Trinajstić information content (AvgIpc) is 2.22. The molecule has 0 aromatic heterocycles. The fraction of sp³-hybridized carbons (Fsp3) is 0.500. The van der Waals surface area contributed by atoms with Gasteiger partial charge in [0.1, 0.15) is 5.75 Å². The van der Waals surface area contributed by atoms with Gasteiger partial charge >= 0.3 is 0 Å². The molecular formula is C12H19NO2. The maximum absolute atomic E-state index is 9.13. The van der Waals surface area contributed by atoms with Gasteiger partial charge in [0.15, 0.2) is 0 Å². The van der Waals surface area contributed by atoms with Gasteiger partial charge in [0, 0.05) is 19.7 Å². The lowest BCUT2D eigenvalue weighted by molar-refractivity contribution is 0.120. The van der Waals surface area contributed by atoms with Gasteiger partial charge in [-0.1, -0.05) is 12.1 Å². The molecule has 0 heterocycles. The van der Waals surface area contributed by atoms with Crippen LogP contribution in [0.2, 0.25) is 0 Å². The topological polar surface area (TPSA) is 32.7 Å². The molecule has 0 unspecified atom stereocenters. The van der Waals surface area contributed by atoms with Crippen molar-refractivity contribution in [2.24, 2.45) is 0 Å². The summed E-state index contributed by atoms with van der Waals surface area (Å²) in [5, 5.41) is 9.13. The van der Waals surface area contributed by atoms with Crippen LogP contribution in [0, 0.1) is 0 Å². The van der Waals surface area contributed by atoms with E-state index in [9.17, 15) is 0 Å². The number of nitrogens with zero attached hydrogens (tertiary/aromatic N) is 1. The highest BCUT2D eigenvalue weighted by Crippen LogP contribution is 2.10. The van der Waals surface area contributed by atoms with Crippen molar-refractivity contribution in [1.82, 2.24) is 4.90 Å². The van der Waals surface area contributed by atoms with Gasteiger partial charge in [-0.05, 0) is 31.7 Å². The zero-order valence-corrected chi connectivity index (χ0v) is 9.44. The first-order valence-corrected chi connectivity index (χ1v) is 5.26. The van der Waals surface area contributed by atoms with Gasteiger partial charge in [-0.2, -0.15) is 0 Å². The second kappa shape index (κ2) is 6.43. The molecule has 0 bridgehead atoms. The van der Waals surface area contributed by atoms with Crippen LogP contribution in [-0.4, -0.2) is 36.8 Å². The average molecular weight is 209 g/mol. The Morgan fingerprint density at radius 2 is 1.93 bits per heavy atom. The molecule has 1 N–H and O–H groups in total. The van der Waals surface area contributed by atoms with Crippen molar-refractivity contribution in [2.75, 3.05) is 26.8 Å². The van der Waals surface area contributed by atoms with Crippen LogP contribution in [0.15, 0.2) is 24.3 Å². The van der Waals surface area contributed by atoms with Crippen LogP contribution in [0.3, 0.4) is 0 Å². The third kappa shape index (κ3) is 4.81. The van der Waals surface area contributed by atoms with E-state index in [0.29, 0.717) is 5.75 Å². The van der Waals surface area contributed by atoms with E-state index in [1.54, 1.807) is 12.1 Å². The van der Waals surface area contributed by atoms with E-state index < -0.39 is 0 Å². The molecule has 0 aliphatic carbocycles. The van der Waals surface area contributed by atoms with Gasteiger partial charge < -0.3 is 9.84 Å². The van der Waals surface area contributed by atoms with Crippen molar-refractivity contribution in [3.8, 4) is 5.75 Å². The Kier molecular flexibility index (Phi) is 5.15. The molecular weight excluding hydrogens is 190 g/mol. The summed E-state index contributed by atoms with van der Waals surface area (Å²) in [4.78, 5) is 2.20. The zero-order valence-electron chi connectivity index (χ0n) is 9.44. The van der Waals surface area contributed by atoms with Gasteiger partial charge in [0.05, 0.1) is 6.61 Å². The van der Waals surface area contributed by atoms with Crippen LogP contribution in [0.5, 0.6) is 5.75 Å². The summed E-state index contributed by atoms with van der Waals surface area (Å²) in [6, 6.07) is 7.30. The number of likely N-dealkylation sites (N-methyl/N-ethyl adjacent to an activating group) is 1. The minimum absolute atomic E-state index is 0.315. The first kappa shape index (κ1) is 12.0. The Bertz CT molecular complexity index is 271. The predicted molar refractivity (Wildman–Crippen MR) is 60.9 cm³/mol. The zero-order chi connectivity index (χ0) is 11.1. The standard InChI is InChI=1S/C12H19NO2/c1-3-15-9-8-13(2)10-11-4-6-12(14)7-5-11/h4-7,14H,3,8-10H2,1-2H3. The summed E-state index contributed by atoms with van der Waals surface area (Å²) in [6.45, 7) is 5.35. The van der Waals surface area contributed by atoms with E-state index in [-0.39, 0.29) is 0 Å². The number of benzene rings is 1. The number of aromatic hydroxyl groups is 1. The molecule has 15 heavy (non-hydrogen) atoms. The molecule has 0 amide bonds. The van der Waals surface area contributed by atoms with E-state index in [1.165, 1.54) is 5.56 Å². The van der Waals surface area contributed by atoms with E-state index in [1.807, 2.05) is 19.1 Å². The number of hydrogen-bond donors (Lipinski definition) is 1. The minimum atomic E-state index is 0.315. The van der Waals surface area contributed by atoms with Crippen molar-refractivity contribution in [2.45, 2.75) is 13.5 Å². The Labute approximate surface area is 91.3 Å². The van der Waals surface area contributed by atoms with E-state index in [0.717, 1.165) is 26.3 Å². The third-order valence-electron chi connectivity index (χ3n) is 2.21.